The van der Waals surface area contributed by atoms with Gasteiger partial charge in [-0.15, -0.1) is 11.3 Å². The number of aliphatic hydroxyl groups excluding tert-OH is 1. The van der Waals surface area contributed by atoms with Crippen molar-refractivity contribution in [1.82, 2.24) is 9.71 Å². The second-order valence-corrected chi connectivity index (χ2v) is 7.07. The van der Waals surface area contributed by atoms with Gasteiger partial charge in [0.1, 0.15) is 4.90 Å². The topological polar surface area (TPSA) is 79.3 Å². The van der Waals surface area contributed by atoms with E-state index in [-0.39, 0.29) is 17.5 Å². The van der Waals surface area contributed by atoms with E-state index in [1.165, 1.54) is 11.3 Å². The number of rotatable bonds is 5. The Labute approximate surface area is 122 Å². The van der Waals surface area contributed by atoms with Crippen molar-refractivity contribution in [2.75, 3.05) is 0 Å². The van der Waals surface area contributed by atoms with Gasteiger partial charge >= 0.3 is 0 Å². The molecule has 2 N–H and O–H groups in total. The summed E-state index contributed by atoms with van der Waals surface area (Å²) >= 11 is 1.24. The quantitative estimate of drug-likeness (QED) is 0.885. The Bertz CT molecular complexity index is 681. The van der Waals surface area contributed by atoms with Gasteiger partial charge in [-0.3, -0.25) is 4.98 Å². The van der Waals surface area contributed by atoms with Crippen LogP contribution in [0, 0.1) is 6.92 Å². The van der Waals surface area contributed by atoms with E-state index in [4.69, 9.17) is 0 Å². The van der Waals surface area contributed by atoms with Crippen molar-refractivity contribution in [2.45, 2.75) is 31.4 Å². The molecule has 0 amide bonds. The molecule has 2 heterocycles. The van der Waals surface area contributed by atoms with Crippen LogP contribution in [0.3, 0.4) is 0 Å². The lowest BCUT2D eigenvalue weighted by molar-refractivity contribution is 0.282. The molecule has 0 aliphatic carbocycles. The van der Waals surface area contributed by atoms with Crippen LogP contribution in [0.2, 0.25) is 0 Å². The molecule has 1 atom stereocenters. The lowest BCUT2D eigenvalue weighted by Crippen LogP contribution is -2.27. The van der Waals surface area contributed by atoms with Gasteiger partial charge < -0.3 is 5.11 Å². The van der Waals surface area contributed by atoms with Crippen molar-refractivity contribution in [2.24, 2.45) is 0 Å². The molecule has 0 aliphatic heterocycles. The van der Waals surface area contributed by atoms with Crippen LogP contribution in [0.15, 0.2) is 34.8 Å². The fourth-order valence-corrected chi connectivity index (χ4v) is 4.84. The number of sulfonamides is 1. The highest BCUT2D eigenvalue weighted by molar-refractivity contribution is 7.89. The summed E-state index contributed by atoms with van der Waals surface area (Å²) in [5.74, 6) is 0. The molecule has 0 aliphatic rings. The SMILES string of the molecule is Cc1csc(CO)c1S(=O)(=O)NC(C)c1cccnc1. The van der Waals surface area contributed by atoms with Gasteiger partial charge in [0.15, 0.2) is 0 Å². The van der Waals surface area contributed by atoms with Crippen molar-refractivity contribution < 1.29 is 13.5 Å². The lowest BCUT2D eigenvalue weighted by Gasteiger charge is -2.15. The minimum absolute atomic E-state index is 0.181. The fraction of sp³-hybridized carbons (Fsp3) is 0.308. The fourth-order valence-electron chi connectivity index (χ4n) is 1.95. The number of thiophene rings is 1. The Balaban J connectivity index is 2.30. The van der Waals surface area contributed by atoms with Crippen LogP contribution in [-0.4, -0.2) is 18.5 Å². The zero-order chi connectivity index (χ0) is 14.8. The zero-order valence-electron chi connectivity index (χ0n) is 11.2. The van der Waals surface area contributed by atoms with Gasteiger partial charge in [0.2, 0.25) is 10.0 Å². The number of aliphatic hydroxyl groups is 1. The van der Waals surface area contributed by atoms with Crippen molar-refractivity contribution >= 4 is 21.4 Å². The first-order valence-electron chi connectivity index (χ1n) is 6.05. The monoisotopic (exact) mass is 312 g/mol. The first-order valence-corrected chi connectivity index (χ1v) is 8.42. The van der Waals surface area contributed by atoms with E-state index in [1.54, 1.807) is 37.7 Å². The van der Waals surface area contributed by atoms with E-state index in [2.05, 4.69) is 9.71 Å². The largest absolute Gasteiger partial charge is 0.391 e. The standard InChI is InChI=1S/C13H16N2O3S2/c1-9-8-19-12(7-16)13(9)20(17,18)15-10(2)11-4-3-5-14-6-11/h3-6,8,10,15-16H,7H2,1-2H3. The third-order valence-electron chi connectivity index (χ3n) is 2.92. The van der Waals surface area contributed by atoms with Gasteiger partial charge in [0.25, 0.3) is 0 Å². The van der Waals surface area contributed by atoms with Crippen molar-refractivity contribution in [3.05, 3.63) is 45.9 Å². The van der Waals surface area contributed by atoms with Crippen LogP contribution in [0.5, 0.6) is 0 Å². The molecule has 2 aromatic heterocycles. The van der Waals surface area contributed by atoms with Gasteiger partial charge in [-0.1, -0.05) is 6.07 Å². The van der Waals surface area contributed by atoms with E-state index in [0.717, 1.165) is 5.56 Å². The Morgan fingerprint density at radius 1 is 1.50 bits per heavy atom. The molecular weight excluding hydrogens is 296 g/mol. The Morgan fingerprint density at radius 2 is 2.25 bits per heavy atom. The molecule has 5 nitrogen and oxygen atoms in total. The minimum Gasteiger partial charge on any atom is -0.391 e. The minimum atomic E-state index is -3.67. The zero-order valence-corrected chi connectivity index (χ0v) is 12.8. The van der Waals surface area contributed by atoms with Crippen molar-refractivity contribution in [1.29, 1.82) is 0 Å². The van der Waals surface area contributed by atoms with Crippen LogP contribution in [0.4, 0.5) is 0 Å². The van der Waals surface area contributed by atoms with E-state index < -0.39 is 10.0 Å². The molecular formula is C13H16N2O3S2. The molecule has 2 aromatic rings. The summed E-state index contributed by atoms with van der Waals surface area (Å²) in [6.45, 7) is 3.20. The van der Waals surface area contributed by atoms with E-state index in [0.29, 0.717) is 10.4 Å². The average molecular weight is 312 g/mol. The molecule has 0 bridgehead atoms. The molecule has 2 rings (SSSR count). The molecule has 0 saturated heterocycles. The smallest absolute Gasteiger partial charge is 0.242 e. The van der Waals surface area contributed by atoms with Gasteiger partial charge in [0, 0.05) is 18.4 Å². The van der Waals surface area contributed by atoms with E-state index in [9.17, 15) is 13.5 Å². The average Bonchev–Trinajstić information content (AvgIpc) is 2.81. The lowest BCUT2D eigenvalue weighted by atomic mass is 10.2. The molecule has 20 heavy (non-hydrogen) atoms. The second kappa shape index (κ2) is 6.01. The molecule has 7 heteroatoms. The molecule has 0 saturated carbocycles. The van der Waals surface area contributed by atoms with Crippen LogP contribution in [-0.2, 0) is 16.6 Å². The number of hydrogen-bond acceptors (Lipinski definition) is 5. The molecule has 0 radical (unpaired) electrons. The highest BCUT2D eigenvalue weighted by Gasteiger charge is 2.24. The third-order valence-corrected chi connectivity index (χ3v) is 5.91. The summed E-state index contributed by atoms with van der Waals surface area (Å²) < 4.78 is 27.5. The summed E-state index contributed by atoms with van der Waals surface area (Å²) in [6, 6.07) is 3.18. The van der Waals surface area contributed by atoms with Crippen LogP contribution in [0.25, 0.3) is 0 Å². The Kier molecular flexibility index (Phi) is 4.54. The summed E-state index contributed by atoms with van der Waals surface area (Å²) in [4.78, 5) is 4.61. The Morgan fingerprint density at radius 3 is 2.85 bits per heavy atom. The van der Waals surface area contributed by atoms with Crippen LogP contribution < -0.4 is 4.72 Å². The summed E-state index contributed by atoms with van der Waals surface area (Å²) in [6.07, 6.45) is 3.26. The molecule has 0 fully saturated rings. The van der Waals surface area contributed by atoms with E-state index in [1.807, 2.05) is 6.07 Å². The van der Waals surface area contributed by atoms with Gasteiger partial charge in [0.05, 0.1) is 11.5 Å². The molecule has 108 valence electrons. The van der Waals surface area contributed by atoms with Gasteiger partial charge in [-0.2, -0.15) is 0 Å². The Hall–Kier alpha value is -1.28. The van der Waals surface area contributed by atoms with Crippen molar-refractivity contribution in [3.63, 3.8) is 0 Å². The highest BCUT2D eigenvalue weighted by Crippen LogP contribution is 2.28. The highest BCUT2D eigenvalue weighted by atomic mass is 32.2. The number of hydrogen-bond donors (Lipinski definition) is 2. The molecule has 0 spiro atoms. The molecule has 0 aromatic carbocycles. The number of nitrogens with one attached hydrogen (secondary N) is 1. The normalized spacial score (nSPS) is 13.3. The maximum Gasteiger partial charge on any atom is 0.242 e. The molecule has 1 unspecified atom stereocenters. The predicted octanol–water partition coefficient (Wildman–Crippen LogP) is 1.98. The van der Waals surface area contributed by atoms with E-state index >= 15 is 0 Å². The van der Waals surface area contributed by atoms with Crippen molar-refractivity contribution in [3.8, 4) is 0 Å². The van der Waals surface area contributed by atoms with Crippen LogP contribution >= 0.6 is 11.3 Å². The maximum absolute atomic E-state index is 12.4. The second-order valence-electron chi connectivity index (χ2n) is 4.46. The number of aryl methyl sites for hydroxylation is 1. The summed E-state index contributed by atoms with van der Waals surface area (Å²) in [5.41, 5.74) is 1.43. The third kappa shape index (κ3) is 3.06. The first-order chi connectivity index (χ1) is 9.45. The van der Waals surface area contributed by atoms with Gasteiger partial charge in [-0.25, -0.2) is 13.1 Å². The number of aromatic nitrogens is 1. The number of nitrogens with zero attached hydrogens (tertiary/aromatic N) is 1. The maximum atomic E-state index is 12.4. The number of pyridine rings is 1. The summed E-state index contributed by atoms with van der Waals surface area (Å²) in [7, 11) is -3.67. The first kappa shape index (κ1) is 15.1. The van der Waals surface area contributed by atoms with Crippen LogP contribution in [0.1, 0.15) is 29.0 Å². The summed E-state index contributed by atoms with van der Waals surface area (Å²) in [5, 5.41) is 11.0. The predicted molar refractivity (Wildman–Crippen MR) is 78.0 cm³/mol. The van der Waals surface area contributed by atoms with Gasteiger partial charge in [-0.05, 0) is 36.4 Å².